The van der Waals surface area contributed by atoms with Gasteiger partial charge in [-0.1, -0.05) is 0 Å². The average Bonchev–Trinajstić information content (AvgIpc) is 2.86. The number of imidazole rings is 1. The molecule has 0 saturated heterocycles. The van der Waals surface area contributed by atoms with E-state index in [4.69, 9.17) is 0 Å². The molecule has 0 fully saturated rings. The summed E-state index contributed by atoms with van der Waals surface area (Å²) < 4.78 is 1.78. The highest BCUT2D eigenvalue weighted by atomic mass is 16.3. The van der Waals surface area contributed by atoms with Gasteiger partial charge < -0.3 is 14.7 Å². The maximum absolute atomic E-state index is 9.19. The first-order chi connectivity index (χ1) is 6.90. The molecule has 0 amide bonds. The first-order valence-corrected chi connectivity index (χ1v) is 4.32. The van der Waals surface area contributed by atoms with Crippen LogP contribution in [0.25, 0.3) is 0 Å². The summed E-state index contributed by atoms with van der Waals surface area (Å²) in [6, 6.07) is -0.0366. The Balaban J connectivity index is 2.08. The van der Waals surface area contributed by atoms with Crippen molar-refractivity contribution >= 4 is 0 Å². The van der Waals surface area contributed by atoms with Gasteiger partial charge in [0.05, 0.1) is 19.0 Å². The highest BCUT2D eigenvalue weighted by molar-refractivity contribution is 4.97. The molecule has 1 atom stereocenters. The maximum Gasteiger partial charge on any atom is 0.119 e. The lowest BCUT2D eigenvalue weighted by Crippen LogP contribution is -2.14. The van der Waals surface area contributed by atoms with E-state index in [0.29, 0.717) is 6.42 Å². The van der Waals surface area contributed by atoms with E-state index in [1.54, 1.807) is 29.7 Å². The summed E-state index contributed by atoms with van der Waals surface area (Å²) >= 11 is 0. The fourth-order valence-corrected chi connectivity index (χ4v) is 1.31. The second kappa shape index (κ2) is 4.01. The van der Waals surface area contributed by atoms with Crippen LogP contribution >= 0.6 is 0 Å². The lowest BCUT2D eigenvalue weighted by molar-refractivity contribution is 0.226. The van der Waals surface area contributed by atoms with Crippen molar-refractivity contribution in [1.29, 1.82) is 0 Å². The Bertz CT molecular complexity index is 355. The molecule has 0 radical (unpaired) electrons. The van der Waals surface area contributed by atoms with E-state index in [0.717, 1.165) is 5.69 Å². The molecule has 0 aliphatic heterocycles. The number of aliphatic hydroxyl groups excluding tert-OH is 1. The van der Waals surface area contributed by atoms with Gasteiger partial charge in [0.25, 0.3) is 0 Å². The number of hydrogen-bond donors (Lipinski definition) is 2. The molecule has 0 aliphatic rings. The van der Waals surface area contributed by atoms with E-state index in [1.165, 1.54) is 0 Å². The van der Waals surface area contributed by atoms with Gasteiger partial charge in [-0.05, 0) is 0 Å². The zero-order valence-electron chi connectivity index (χ0n) is 7.54. The summed E-state index contributed by atoms with van der Waals surface area (Å²) in [5, 5.41) is 16.6. The van der Waals surface area contributed by atoms with E-state index >= 15 is 0 Å². The maximum atomic E-state index is 9.19. The zero-order chi connectivity index (χ0) is 9.80. The molecule has 0 unspecified atom stereocenters. The fourth-order valence-electron chi connectivity index (χ4n) is 1.31. The Kier molecular flexibility index (Phi) is 2.55. The van der Waals surface area contributed by atoms with E-state index in [-0.39, 0.29) is 12.6 Å². The topological polar surface area (TPSA) is 79.6 Å². The van der Waals surface area contributed by atoms with Crippen molar-refractivity contribution in [2.75, 3.05) is 6.61 Å². The second-order valence-corrected chi connectivity index (χ2v) is 3.03. The van der Waals surface area contributed by atoms with Crippen LogP contribution in [0.2, 0.25) is 0 Å². The van der Waals surface area contributed by atoms with Gasteiger partial charge in [-0.15, -0.1) is 10.2 Å². The van der Waals surface area contributed by atoms with Crippen LogP contribution in [-0.2, 0) is 6.42 Å². The molecular weight excluding hydrogens is 182 g/mol. The van der Waals surface area contributed by atoms with Crippen molar-refractivity contribution in [1.82, 2.24) is 24.7 Å². The third-order valence-electron chi connectivity index (χ3n) is 2.08. The molecule has 2 N–H and O–H groups in total. The number of aromatic nitrogens is 5. The van der Waals surface area contributed by atoms with Crippen LogP contribution in [-0.4, -0.2) is 36.4 Å². The number of nitrogens with one attached hydrogen (secondary N) is 1. The van der Waals surface area contributed by atoms with Crippen molar-refractivity contribution in [2.24, 2.45) is 0 Å². The highest BCUT2D eigenvalue weighted by Crippen LogP contribution is 2.10. The fraction of sp³-hybridized carbons (Fsp3) is 0.375. The summed E-state index contributed by atoms with van der Waals surface area (Å²) in [7, 11) is 0. The predicted molar refractivity (Wildman–Crippen MR) is 48.4 cm³/mol. The molecule has 0 spiro atoms. The van der Waals surface area contributed by atoms with Gasteiger partial charge >= 0.3 is 0 Å². The molecule has 2 aromatic heterocycles. The van der Waals surface area contributed by atoms with Crippen molar-refractivity contribution in [3.63, 3.8) is 0 Å². The first kappa shape index (κ1) is 8.89. The monoisotopic (exact) mass is 193 g/mol. The number of aromatic amines is 1. The molecule has 2 rings (SSSR count). The minimum Gasteiger partial charge on any atom is -0.394 e. The van der Waals surface area contributed by atoms with Crippen LogP contribution < -0.4 is 0 Å². The Morgan fingerprint density at radius 2 is 2.21 bits per heavy atom. The molecule has 0 aliphatic carbocycles. The van der Waals surface area contributed by atoms with Crippen LogP contribution in [0, 0.1) is 0 Å². The second-order valence-electron chi connectivity index (χ2n) is 3.03. The smallest absolute Gasteiger partial charge is 0.119 e. The van der Waals surface area contributed by atoms with Gasteiger partial charge in [-0.2, -0.15) is 0 Å². The third-order valence-corrected chi connectivity index (χ3v) is 2.08. The van der Waals surface area contributed by atoms with Gasteiger partial charge in [0.2, 0.25) is 0 Å². The van der Waals surface area contributed by atoms with E-state index in [1.807, 2.05) is 0 Å². The van der Waals surface area contributed by atoms with Crippen LogP contribution in [0.15, 0.2) is 25.2 Å². The van der Waals surface area contributed by atoms with Gasteiger partial charge in [0.1, 0.15) is 12.7 Å². The van der Waals surface area contributed by atoms with Gasteiger partial charge in [0, 0.05) is 18.3 Å². The largest absolute Gasteiger partial charge is 0.394 e. The molecule has 6 heteroatoms. The van der Waals surface area contributed by atoms with E-state index in [9.17, 15) is 5.11 Å². The summed E-state index contributed by atoms with van der Waals surface area (Å²) in [5.74, 6) is 0. The summed E-state index contributed by atoms with van der Waals surface area (Å²) in [6.45, 7) is 0.0526. The number of nitrogens with zero attached hydrogens (tertiary/aromatic N) is 4. The molecule has 0 bridgehead atoms. The van der Waals surface area contributed by atoms with Crippen molar-refractivity contribution < 1.29 is 5.11 Å². The number of rotatable bonds is 4. The Morgan fingerprint density at radius 3 is 2.79 bits per heavy atom. The summed E-state index contributed by atoms with van der Waals surface area (Å²) in [5.41, 5.74) is 0.984. The van der Waals surface area contributed by atoms with Crippen LogP contribution in [0.1, 0.15) is 11.7 Å². The number of aliphatic hydroxyl groups is 1. The van der Waals surface area contributed by atoms with Crippen molar-refractivity contribution in [3.05, 3.63) is 30.9 Å². The van der Waals surface area contributed by atoms with Crippen LogP contribution in [0.5, 0.6) is 0 Å². The number of hydrogen-bond acceptors (Lipinski definition) is 4. The SMILES string of the molecule is OC[C@H](Cc1cnc[nH]1)n1cnnc1. The van der Waals surface area contributed by atoms with E-state index in [2.05, 4.69) is 20.2 Å². The lowest BCUT2D eigenvalue weighted by atomic mass is 10.2. The molecule has 0 aromatic carbocycles. The predicted octanol–water partition coefficient (Wildman–Crippen LogP) is -0.223. The normalized spacial score (nSPS) is 12.9. The lowest BCUT2D eigenvalue weighted by Gasteiger charge is -2.13. The molecule has 2 aromatic rings. The molecule has 0 saturated carbocycles. The standard InChI is InChI=1S/C8H11N5O/c14-3-8(13-5-11-12-6-13)1-7-2-9-4-10-7/h2,4-6,8,14H,1,3H2,(H,9,10)/t8-/m0/s1. The minimum atomic E-state index is -0.0366. The number of H-pyrrole nitrogens is 1. The highest BCUT2D eigenvalue weighted by Gasteiger charge is 2.10. The Hall–Kier alpha value is -1.69. The van der Waals surface area contributed by atoms with Crippen LogP contribution in [0.3, 0.4) is 0 Å². The van der Waals surface area contributed by atoms with Gasteiger partial charge in [-0.3, -0.25) is 0 Å². The summed E-state index contributed by atoms with van der Waals surface area (Å²) in [6.07, 6.45) is 7.24. The minimum absolute atomic E-state index is 0.0366. The van der Waals surface area contributed by atoms with Crippen molar-refractivity contribution in [3.8, 4) is 0 Å². The van der Waals surface area contributed by atoms with Crippen LogP contribution in [0.4, 0.5) is 0 Å². The molecule has 74 valence electrons. The summed E-state index contributed by atoms with van der Waals surface area (Å²) in [4.78, 5) is 6.90. The molecule has 2 heterocycles. The average molecular weight is 193 g/mol. The third kappa shape index (κ3) is 1.80. The quantitative estimate of drug-likeness (QED) is 0.703. The Morgan fingerprint density at radius 1 is 1.43 bits per heavy atom. The van der Waals surface area contributed by atoms with Gasteiger partial charge in [0.15, 0.2) is 0 Å². The zero-order valence-corrected chi connectivity index (χ0v) is 7.54. The molecule has 6 nitrogen and oxygen atoms in total. The Labute approximate surface area is 80.6 Å². The first-order valence-electron chi connectivity index (χ1n) is 4.32. The van der Waals surface area contributed by atoms with E-state index < -0.39 is 0 Å². The van der Waals surface area contributed by atoms with Crippen molar-refractivity contribution in [2.45, 2.75) is 12.5 Å². The molecule has 14 heavy (non-hydrogen) atoms. The van der Waals surface area contributed by atoms with Gasteiger partial charge in [-0.25, -0.2) is 4.98 Å². The molecular formula is C8H11N5O.